The molecular weight excluding hydrogens is 418 g/mol. The molecule has 6 heteroatoms. The highest BCUT2D eigenvalue weighted by Gasteiger charge is 2.45. The van der Waals surface area contributed by atoms with E-state index in [1.165, 1.54) is 4.90 Å². The van der Waals surface area contributed by atoms with Gasteiger partial charge in [-0.2, -0.15) is 0 Å². The topological polar surface area (TPSA) is 76.1 Å². The van der Waals surface area contributed by atoms with Crippen molar-refractivity contribution >= 4 is 17.4 Å². The summed E-state index contributed by atoms with van der Waals surface area (Å²) in [5.74, 6) is 0.223. The van der Waals surface area contributed by atoms with Crippen LogP contribution in [0.2, 0.25) is 0 Å². The van der Waals surface area contributed by atoms with Crippen molar-refractivity contribution in [2.24, 2.45) is 5.92 Å². The number of hydrogen-bond acceptors (Lipinski definition) is 5. The minimum Gasteiger partial charge on any atom is -0.507 e. The largest absolute Gasteiger partial charge is 0.507 e. The highest BCUT2D eigenvalue weighted by Crippen LogP contribution is 2.40. The molecule has 3 rings (SSSR count). The van der Waals surface area contributed by atoms with Crippen LogP contribution in [0.15, 0.2) is 54.1 Å². The molecule has 1 amide bonds. The molecule has 1 heterocycles. The van der Waals surface area contributed by atoms with E-state index in [-0.39, 0.29) is 17.4 Å². The van der Waals surface area contributed by atoms with Crippen LogP contribution in [0.1, 0.15) is 58.2 Å². The summed E-state index contributed by atoms with van der Waals surface area (Å²) in [5, 5.41) is 11.2. The Bertz CT molecular complexity index is 1020. The summed E-state index contributed by atoms with van der Waals surface area (Å²) in [7, 11) is 0. The fourth-order valence-electron chi connectivity index (χ4n) is 3.85. The lowest BCUT2D eigenvalue weighted by Crippen LogP contribution is -2.30. The Morgan fingerprint density at radius 3 is 2.33 bits per heavy atom. The van der Waals surface area contributed by atoms with Crippen molar-refractivity contribution in [2.45, 2.75) is 53.2 Å². The number of likely N-dealkylation sites (tertiary alicyclic amines) is 1. The molecule has 1 atom stereocenters. The molecule has 0 radical (unpaired) electrons. The smallest absolute Gasteiger partial charge is 0.295 e. The van der Waals surface area contributed by atoms with Gasteiger partial charge < -0.3 is 19.5 Å². The maximum Gasteiger partial charge on any atom is 0.295 e. The van der Waals surface area contributed by atoms with E-state index in [2.05, 4.69) is 13.8 Å². The SMILES string of the molecule is CCCN1C(=O)C(=O)/C(=C(\O)c2cccc(OC(C)C)c2)C1c1ccc(OCC(C)C)cc1. The molecule has 176 valence electrons. The molecule has 0 aromatic heterocycles. The van der Waals surface area contributed by atoms with Gasteiger partial charge in [-0.15, -0.1) is 0 Å². The second-order valence-corrected chi connectivity index (χ2v) is 8.96. The predicted molar refractivity (Wildman–Crippen MR) is 128 cm³/mol. The molecule has 6 nitrogen and oxygen atoms in total. The van der Waals surface area contributed by atoms with E-state index in [9.17, 15) is 14.7 Å². The van der Waals surface area contributed by atoms with E-state index in [0.29, 0.717) is 36.8 Å². The van der Waals surface area contributed by atoms with Crippen molar-refractivity contribution in [3.05, 3.63) is 65.2 Å². The highest BCUT2D eigenvalue weighted by atomic mass is 16.5. The average molecular weight is 452 g/mol. The Morgan fingerprint density at radius 2 is 1.73 bits per heavy atom. The molecule has 33 heavy (non-hydrogen) atoms. The number of carbonyl (C=O) groups excluding carboxylic acids is 2. The Morgan fingerprint density at radius 1 is 1.03 bits per heavy atom. The highest BCUT2D eigenvalue weighted by molar-refractivity contribution is 6.46. The first kappa shape index (κ1) is 24.4. The van der Waals surface area contributed by atoms with Gasteiger partial charge in [0.2, 0.25) is 0 Å². The number of amides is 1. The molecule has 1 fully saturated rings. The first-order valence-electron chi connectivity index (χ1n) is 11.5. The Labute approximate surface area is 195 Å². The van der Waals surface area contributed by atoms with Crippen LogP contribution in [0.5, 0.6) is 11.5 Å². The molecule has 2 aromatic carbocycles. The zero-order valence-corrected chi connectivity index (χ0v) is 20.0. The van der Waals surface area contributed by atoms with E-state index < -0.39 is 17.7 Å². The van der Waals surface area contributed by atoms with Crippen LogP contribution in [0.3, 0.4) is 0 Å². The Balaban J connectivity index is 2.04. The van der Waals surface area contributed by atoms with Crippen LogP contribution in [-0.2, 0) is 9.59 Å². The number of aliphatic hydroxyl groups excluding tert-OH is 1. The number of aliphatic hydroxyl groups is 1. The molecule has 0 aliphatic carbocycles. The summed E-state index contributed by atoms with van der Waals surface area (Å²) in [4.78, 5) is 27.4. The van der Waals surface area contributed by atoms with Gasteiger partial charge in [0.05, 0.1) is 24.3 Å². The van der Waals surface area contributed by atoms with Crippen LogP contribution in [0.4, 0.5) is 0 Å². The van der Waals surface area contributed by atoms with Crippen molar-refractivity contribution in [1.82, 2.24) is 4.90 Å². The van der Waals surface area contributed by atoms with E-state index in [4.69, 9.17) is 9.47 Å². The quantitative estimate of drug-likeness (QED) is 0.316. The summed E-state index contributed by atoms with van der Waals surface area (Å²) in [5.41, 5.74) is 1.27. The van der Waals surface area contributed by atoms with Gasteiger partial charge in [-0.3, -0.25) is 9.59 Å². The predicted octanol–water partition coefficient (Wildman–Crippen LogP) is 5.34. The number of hydrogen-bond donors (Lipinski definition) is 1. The van der Waals surface area contributed by atoms with E-state index in [1.54, 1.807) is 24.3 Å². The first-order chi connectivity index (χ1) is 15.7. The summed E-state index contributed by atoms with van der Waals surface area (Å²) in [6.07, 6.45) is 0.658. The molecule has 1 aliphatic rings. The van der Waals surface area contributed by atoms with Gasteiger partial charge in [0.15, 0.2) is 0 Å². The molecule has 1 aliphatic heterocycles. The van der Waals surface area contributed by atoms with Gasteiger partial charge in [-0.25, -0.2) is 0 Å². The van der Waals surface area contributed by atoms with Gasteiger partial charge in [0, 0.05) is 12.1 Å². The molecular formula is C27H33NO5. The van der Waals surface area contributed by atoms with Crippen LogP contribution in [0.25, 0.3) is 5.76 Å². The monoisotopic (exact) mass is 451 g/mol. The van der Waals surface area contributed by atoms with Crippen LogP contribution in [-0.4, -0.2) is 41.0 Å². The third kappa shape index (κ3) is 5.56. The summed E-state index contributed by atoms with van der Waals surface area (Å²) < 4.78 is 11.5. The number of rotatable bonds is 9. The van der Waals surface area contributed by atoms with Gasteiger partial charge in [0.1, 0.15) is 17.3 Å². The van der Waals surface area contributed by atoms with Crippen molar-refractivity contribution in [1.29, 1.82) is 0 Å². The molecule has 1 saturated heterocycles. The third-order valence-corrected chi connectivity index (χ3v) is 5.26. The first-order valence-corrected chi connectivity index (χ1v) is 11.5. The number of Topliss-reactive ketones (excluding diaryl/α,β-unsaturated/α-hetero) is 1. The number of nitrogens with zero attached hydrogens (tertiary/aromatic N) is 1. The Kier molecular flexibility index (Phi) is 7.79. The lowest BCUT2D eigenvalue weighted by molar-refractivity contribution is -0.139. The maximum atomic E-state index is 13.0. The van der Waals surface area contributed by atoms with E-state index in [1.807, 2.05) is 45.0 Å². The van der Waals surface area contributed by atoms with Crippen LogP contribution >= 0.6 is 0 Å². The average Bonchev–Trinajstić information content (AvgIpc) is 3.02. The van der Waals surface area contributed by atoms with Crippen molar-refractivity contribution < 1.29 is 24.2 Å². The van der Waals surface area contributed by atoms with Crippen LogP contribution in [0, 0.1) is 5.92 Å². The fourth-order valence-corrected chi connectivity index (χ4v) is 3.85. The molecule has 0 spiro atoms. The zero-order valence-electron chi connectivity index (χ0n) is 20.0. The number of benzene rings is 2. The zero-order chi connectivity index (χ0) is 24.1. The third-order valence-electron chi connectivity index (χ3n) is 5.26. The molecule has 2 aromatic rings. The van der Waals surface area contributed by atoms with Crippen LogP contribution < -0.4 is 9.47 Å². The van der Waals surface area contributed by atoms with Crippen molar-refractivity contribution in [3.8, 4) is 11.5 Å². The maximum absolute atomic E-state index is 13.0. The number of carbonyl (C=O) groups is 2. The lowest BCUT2D eigenvalue weighted by atomic mass is 9.95. The molecule has 1 N–H and O–H groups in total. The molecule has 1 unspecified atom stereocenters. The standard InChI is InChI=1S/C27H33NO5/c1-6-14-28-24(19-10-12-21(13-11-19)32-16-17(2)3)23(26(30)27(28)31)25(29)20-8-7-9-22(15-20)33-18(4)5/h7-13,15,17-18,24,29H,6,14,16H2,1-5H3/b25-23-. The van der Waals surface area contributed by atoms with Gasteiger partial charge in [-0.05, 0) is 56.0 Å². The van der Waals surface area contributed by atoms with Gasteiger partial charge in [-0.1, -0.05) is 45.0 Å². The fraction of sp³-hybridized carbons (Fsp3) is 0.407. The van der Waals surface area contributed by atoms with E-state index in [0.717, 1.165) is 11.3 Å². The number of ketones is 1. The van der Waals surface area contributed by atoms with Gasteiger partial charge >= 0.3 is 0 Å². The lowest BCUT2D eigenvalue weighted by Gasteiger charge is -2.25. The minimum absolute atomic E-state index is 0.0334. The summed E-state index contributed by atoms with van der Waals surface area (Å²) in [6, 6.07) is 13.6. The van der Waals surface area contributed by atoms with Crippen molar-refractivity contribution in [3.63, 3.8) is 0 Å². The second-order valence-electron chi connectivity index (χ2n) is 8.96. The normalized spacial score (nSPS) is 17.8. The summed E-state index contributed by atoms with van der Waals surface area (Å²) in [6.45, 7) is 10.9. The second kappa shape index (κ2) is 10.6. The molecule has 0 bridgehead atoms. The van der Waals surface area contributed by atoms with Gasteiger partial charge in [0.25, 0.3) is 11.7 Å². The van der Waals surface area contributed by atoms with Crippen molar-refractivity contribution in [2.75, 3.05) is 13.2 Å². The number of ether oxygens (including phenoxy) is 2. The van der Waals surface area contributed by atoms with E-state index >= 15 is 0 Å². The Hall–Kier alpha value is -3.28. The summed E-state index contributed by atoms with van der Waals surface area (Å²) >= 11 is 0. The minimum atomic E-state index is -0.679. The molecule has 0 saturated carbocycles.